The molecule has 0 spiro atoms. The first kappa shape index (κ1) is 15.9. The Kier molecular flexibility index (Phi) is 7.18. The lowest BCUT2D eigenvalue weighted by Crippen LogP contribution is -2.48. The third-order valence-corrected chi connectivity index (χ3v) is 3.83. The molecule has 1 saturated heterocycles. The van der Waals surface area contributed by atoms with Gasteiger partial charge in [0.15, 0.2) is 0 Å². The minimum atomic E-state index is -0.412. The highest BCUT2D eigenvalue weighted by atomic mass is 123. The van der Waals surface area contributed by atoms with Gasteiger partial charge in [-0.15, -0.1) is 0 Å². The molecule has 0 aromatic carbocycles. The quantitative estimate of drug-likeness (QED) is 0.599. The first-order valence-electron chi connectivity index (χ1n) is 6.33. The maximum absolute atomic E-state index is 11.1. The molecule has 1 N–H and O–H groups in total. The summed E-state index contributed by atoms with van der Waals surface area (Å²) in [5, 5.41) is 10.2. The van der Waals surface area contributed by atoms with E-state index in [-0.39, 0.29) is 18.0 Å². The zero-order valence-electron chi connectivity index (χ0n) is 11.0. The molecule has 0 aliphatic carbocycles. The van der Waals surface area contributed by atoms with E-state index in [0.29, 0.717) is 0 Å². The van der Waals surface area contributed by atoms with Crippen molar-refractivity contribution in [2.75, 3.05) is 20.1 Å². The predicted octanol–water partition coefficient (Wildman–Crippen LogP) is 1.96. The molecule has 1 fully saturated rings. The molecule has 5 heteroatoms. The number of halogens is 1. The van der Waals surface area contributed by atoms with Gasteiger partial charge in [0.05, 0.1) is 6.10 Å². The molecule has 3 unspecified atom stereocenters. The molecule has 0 aromatic rings. The summed E-state index contributed by atoms with van der Waals surface area (Å²) in [6, 6.07) is 0. The predicted molar refractivity (Wildman–Crippen MR) is 79.6 cm³/mol. The van der Waals surface area contributed by atoms with Gasteiger partial charge in [-0.05, 0) is 30.4 Å². The molecule has 1 aliphatic heterocycles. The number of hydrogen-bond donors (Lipinski definition) is 1. The zero-order valence-corrected chi connectivity index (χ0v) is 13.2. The molecule has 18 heavy (non-hydrogen) atoms. The van der Waals surface area contributed by atoms with Gasteiger partial charge in [0, 0.05) is 25.9 Å². The number of carbonyl (C=O) groups is 1. The van der Waals surface area contributed by atoms with Crippen molar-refractivity contribution in [2.45, 2.75) is 38.4 Å². The normalized spacial score (nSPS) is 27.3. The van der Waals surface area contributed by atoms with E-state index in [4.69, 9.17) is 4.74 Å². The monoisotopic (exact) mass is 363 g/mol. The Bertz CT molecular complexity index is 296. The van der Waals surface area contributed by atoms with Crippen molar-refractivity contribution in [3.8, 4) is 0 Å². The maximum atomic E-state index is 11.1. The molecule has 0 aromatic heterocycles. The maximum Gasteiger partial charge on any atom is 0.302 e. The number of piperidine rings is 1. The van der Waals surface area contributed by atoms with Gasteiger partial charge in [0.25, 0.3) is 0 Å². The number of aliphatic hydroxyl groups excluding tert-OH is 1. The SMILES string of the molecule is CC(=O)OC1CCN(C)CC1C(O)CCC=C[123I]. The van der Waals surface area contributed by atoms with Gasteiger partial charge < -0.3 is 14.7 Å². The number of rotatable bonds is 5. The smallest absolute Gasteiger partial charge is 0.302 e. The molecule has 4 nitrogen and oxygen atoms in total. The molecule has 1 rings (SSSR count). The minimum Gasteiger partial charge on any atom is -0.462 e. The Hall–Kier alpha value is -0.140. The van der Waals surface area contributed by atoms with Gasteiger partial charge in [-0.3, -0.25) is 4.79 Å². The molecule has 0 bridgehead atoms. The Balaban J connectivity index is 2.56. The molecule has 0 radical (unpaired) electrons. The van der Waals surface area contributed by atoms with E-state index in [1.165, 1.54) is 6.92 Å². The van der Waals surface area contributed by atoms with Crippen LogP contribution < -0.4 is 0 Å². The molecule has 0 amide bonds. The summed E-state index contributed by atoms with van der Waals surface area (Å²) in [4.78, 5) is 13.3. The van der Waals surface area contributed by atoms with Crippen LogP contribution in [-0.2, 0) is 9.53 Å². The summed E-state index contributed by atoms with van der Waals surface area (Å²) in [5.41, 5.74) is 0. The van der Waals surface area contributed by atoms with Crippen molar-refractivity contribution in [2.24, 2.45) is 5.92 Å². The average Bonchev–Trinajstić information content (AvgIpc) is 2.31. The molecule has 0 saturated carbocycles. The van der Waals surface area contributed by atoms with Crippen LogP contribution in [0.1, 0.15) is 26.2 Å². The number of esters is 1. The zero-order chi connectivity index (χ0) is 13.5. The average molecular weight is 363 g/mol. The highest BCUT2D eigenvalue weighted by Gasteiger charge is 2.34. The van der Waals surface area contributed by atoms with Crippen LogP contribution >= 0.6 is 22.6 Å². The van der Waals surface area contributed by atoms with Gasteiger partial charge in [0.2, 0.25) is 0 Å². The first-order valence-corrected chi connectivity index (χ1v) is 7.58. The Labute approximate surface area is 123 Å². The minimum absolute atomic E-state index is 0.0234. The van der Waals surface area contributed by atoms with Crippen molar-refractivity contribution >= 4 is 28.6 Å². The summed E-state index contributed by atoms with van der Waals surface area (Å²) >= 11 is 2.17. The molecular weight excluding hydrogens is 341 g/mol. The van der Waals surface area contributed by atoms with E-state index >= 15 is 0 Å². The Morgan fingerprint density at radius 1 is 1.67 bits per heavy atom. The standard InChI is InChI=1S/C13H22INO3/c1-10(16)18-13-6-8-15(2)9-11(13)12(17)5-3-4-7-14/h4,7,11-13,17H,3,5-6,8-9H2,1-2H3/i14-4. The van der Waals surface area contributed by atoms with Crippen LogP contribution in [0.25, 0.3) is 0 Å². The number of likely N-dealkylation sites (tertiary alicyclic amines) is 1. The third-order valence-electron chi connectivity index (χ3n) is 3.33. The van der Waals surface area contributed by atoms with E-state index in [0.717, 1.165) is 32.4 Å². The van der Waals surface area contributed by atoms with Gasteiger partial charge in [0.1, 0.15) is 6.10 Å². The Morgan fingerprint density at radius 3 is 3.00 bits per heavy atom. The molecule has 1 heterocycles. The fourth-order valence-corrected chi connectivity index (χ4v) is 2.76. The number of aliphatic hydroxyl groups is 1. The van der Waals surface area contributed by atoms with Crippen LogP contribution in [0.4, 0.5) is 0 Å². The second kappa shape index (κ2) is 8.12. The highest BCUT2D eigenvalue weighted by Crippen LogP contribution is 2.25. The summed E-state index contributed by atoms with van der Waals surface area (Å²) in [6.45, 7) is 3.13. The second-order valence-corrected chi connectivity index (χ2v) is 5.59. The lowest BCUT2D eigenvalue weighted by Gasteiger charge is -2.38. The van der Waals surface area contributed by atoms with Crippen molar-refractivity contribution in [1.29, 1.82) is 0 Å². The van der Waals surface area contributed by atoms with Crippen LogP contribution in [-0.4, -0.2) is 48.3 Å². The van der Waals surface area contributed by atoms with E-state index in [1.54, 1.807) is 0 Å². The summed E-state index contributed by atoms with van der Waals surface area (Å²) in [5.74, 6) is -0.232. The van der Waals surface area contributed by atoms with Crippen LogP contribution in [0.2, 0.25) is 0 Å². The van der Waals surface area contributed by atoms with Gasteiger partial charge in [-0.1, -0.05) is 28.7 Å². The van der Waals surface area contributed by atoms with Gasteiger partial charge in [-0.2, -0.15) is 0 Å². The van der Waals surface area contributed by atoms with Crippen molar-refractivity contribution in [3.63, 3.8) is 0 Å². The number of hydrogen-bond acceptors (Lipinski definition) is 4. The van der Waals surface area contributed by atoms with Crippen LogP contribution in [0.3, 0.4) is 0 Å². The summed E-state index contributed by atoms with van der Waals surface area (Å²) in [7, 11) is 2.04. The summed E-state index contributed by atoms with van der Waals surface area (Å²) < 4.78 is 7.29. The largest absolute Gasteiger partial charge is 0.462 e. The van der Waals surface area contributed by atoms with Gasteiger partial charge >= 0.3 is 5.97 Å². The molecule has 1 aliphatic rings. The fourth-order valence-electron chi connectivity index (χ4n) is 2.40. The lowest BCUT2D eigenvalue weighted by molar-refractivity contribution is -0.155. The molecule has 104 valence electrons. The van der Waals surface area contributed by atoms with E-state index in [1.807, 2.05) is 17.2 Å². The summed E-state index contributed by atoms with van der Waals surface area (Å²) in [6.07, 6.45) is 3.87. The number of ether oxygens (including phenoxy) is 1. The number of nitrogens with zero attached hydrogens (tertiary/aromatic N) is 1. The molecule has 3 atom stereocenters. The first-order chi connectivity index (χ1) is 8.54. The number of carbonyl (C=O) groups excluding carboxylic acids is 1. The van der Waals surface area contributed by atoms with E-state index in [9.17, 15) is 9.90 Å². The third kappa shape index (κ3) is 5.24. The van der Waals surface area contributed by atoms with Crippen molar-refractivity contribution in [3.05, 3.63) is 10.2 Å². The van der Waals surface area contributed by atoms with Crippen LogP contribution in [0.15, 0.2) is 10.2 Å². The Morgan fingerprint density at radius 2 is 2.39 bits per heavy atom. The highest BCUT2D eigenvalue weighted by molar-refractivity contribution is 14.1. The van der Waals surface area contributed by atoms with E-state index < -0.39 is 6.10 Å². The van der Waals surface area contributed by atoms with E-state index in [2.05, 4.69) is 27.5 Å². The molecular formula is C13H22INO3. The van der Waals surface area contributed by atoms with Gasteiger partial charge in [-0.25, -0.2) is 0 Å². The number of allylic oxidation sites excluding steroid dienone is 1. The van der Waals surface area contributed by atoms with Crippen LogP contribution in [0.5, 0.6) is 0 Å². The lowest BCUT2D eigenvalue weighted by atomic mass is 9.87. The van der Waals surface area contributed by atoms with Crippen molar-refractivity contribution in [1.82, 2.24) is 4.90 Å². The second-order valence-electron chi connectivity index (χ2n) is 4.87. The van der Waals surface area contributed by atoms with Crippen molar-refractivity contribution < 1.29 is 14.6 Å². The fraction of sp³-hybridized carbons (Fsp3) is 0.769. The topological polar surface area (TPSA) is 49.8 Å². The van der Waals surface area contributed by atoms with Crippen LogP contribution in [0, 0.1) is 5.92 Å².